The van der Waals surface area contributed by atoms with Crippen LogP contribution in [0.15, 0.2) is 46.7 Å². The summed E-state index contributed by atoms with van der Waals surface area (Å²) in [6.07, 6.45) is 0.0523. The summed E-state index contributed by atoms with van der Waals surface area (Å²) < 4.78 is 33.4. The van der Waals surface area contributed by atoms with Crippen molar-refractivity contribution < 1.29 is 13.2 Å². The number of benzene rings is 1. The third kappa shape index (κ3) is 4.43. The van der Waals surface area contributed by atoms with Crippen molar-refractivity contribution in [2.45, 2.75) is 17.2 Å². The molecule has 1 N–H and O–H groups in total. The molecule has 1 aliphatic heterocycles. The Bertz CT molecular complexity index is 759. The molecule has 0 bridgehead atoms. The van der Waals surface area contributed by atoms with Gasteiger partial charge in [0.1, 0.15) is 4.21 Å². The summed E-state index contributed by atoms with van der Waals surface area (Å²) in [6.45, 7) is 5.25. The average Bonchev–Trinajstić information content (AvgIpc) is 3.03. The standard InChI is InChI=1S/C17H22N2O3S2/c1-14-7-8-17(23-14)24(20,21)18-9-10-19-11-12-22-16(13-19)15-5-3-2-4-6-15/h2-8,16,18H,9-13H2,1H3. The fourth-order valence-corrected chi connectivity index (χ4v) is 5.09. The van der Waals surface area contributed by atoms with Gasteiger partial charge in [0.15, 0.2) is 0 Å². The first-order valence-electron chi connectivity index (χ1n) is 7.99. The lowest BCUT2D eigenvalue weighted by Gasteiger charge is -2.33. The molecule has 1 aromatic carbocycles. The van der Waals surface area contributed by atoms with Gasteiger partial charge in [-0.3, -0.25) is 4.90 Å². The average molecular weight is 367 g/mol. The van der Waals surface area contributed by atoms with Crippen molar-refractivity contribution in [2.75, 3.05) is 32.8 Å². The smallest absolute Gasteiger partial charge is 0.250 e. The van der Waals surface area contributed by atoms with Crippen LogP contribution in [0.25, 0.3) is 0 Å². The number of aryl methyl sites for hydroxylation is 1. The lowest BCUT2D eigenvalue weighted by molar-refractivity contribution is -0.0291. The molecule has 5 nitrogen and oxygen atoms in total. The van der Waals surface area contributed by atoms with Gasteiger partial charge in [-0.15, -0.1) is 11.3 Å². The van der Waals surface area contributed by atoms with E-state index in [1.54, 1.807) is 6.07 Å². The summed E-state index contributed by atoms with van der Waals surface area (Å²) in [5.74, 6) is 0. The molecule has 1 fully saturated rings. The number of ether oxygens (including phenoxy) is 1. The molecule has 1 aromatic heterocycles. The third-order valence-corrected chi connectivity index (χ3v) is 6.98. The van der Waals surface area contributed by atoms with E-state index in [9.17, 15) is 8.42 Å². The van der Waals surface area contributed by atoms with E-state index in [0.717, 1.165) is 23.5 Å². The number of nitrogens with one attached hydrogen (secondary N) is 1. The number of rotatable bonds is 6. The van der Waals surface area contributed by atoms with Gasteiger partial charge in [0.25, 0.3) is 0 Å². The Balaban J connectivity index is 1.51. The topological polar surface area (TPSA) is 58.6 Å². The zero-order valence-electron chi connectivity index (χ0n) is 13.6. The number of hydrogen-bond donors (Lipinski definition) is 1. The molecule has 130 valence electrons. The summed E-state index contributed by atoms with van der Waals surface area (Å²) >= 11 is 1.29. The lowest BCUT2D eigenvalue weighted by Crippen LogP contribution is -2.42. The summed E-state index contributed by atoms with van der Waals surface area (Å²) in [7, 11) is -3.40. The van der Waals surface area contributed by atoms with Gasteiger partial charge in [-0.25, -0.2) is 13.1 Å². The maximum absolute atomic E-state index is 12.2. The van der Waals surface area contributed by atoms with E-state index in [4.69, 9.17) is 4.74 Å². The summed E-state index contributed by atoms with van der Waals surface area (Å²) in [4.78, 5) is 3.23. The number of sulfonamides is 1. The molecule has 0 aliphatic carbocycles. The van der Waals surface area contributed by atoms with E-state index < -0.39 is 10.0 Å². The van der Waals surface area contributed by atoms with Crippen molar-refractivity contribution >= 4 is 21.4 Å². The van der Waals surface area contributed by atoms with Crippen molar-refractivity contribution in [1.82, 2.24) is 9.62 Å². The quantitative estimate of drug-likeness (QED) is 0.853. The Morgan fingerprint density at radius 2 is 2.04 bits per heavy atom. The first-order chi connectivity index (χ1) is 11.5. The minimum Gasteiger partial charge on any atom is -0.371 e. The van der Waals surface area contributed by atoms with Crippen LogP contribution in [0.4, 0.5) is 0 Å². The highest BCUT2D eigenvalue weighted by Crippen LogP contribution is 2.22. The van der Waals surface area contributed by atoms with Gasteiger partial charge >= 0.3 is 0 Å². The second kappa shape index (κ2) is 7.76. The normalized spacial score (nSPS) is 19.5. The van der Waals surface area contributed by atoms with Gasteiger partial charge in [-0.1, -0.05) is 30.3 Å². The highest BCUT2D eigenvalue weighted by Gasteiger charge is 2.22. The van der Waals surface area contributed by atoms with E-state index >= 15 is 0 Å². The molecule has 0 spiro atoms. The van der Waals surface area contributed by atoms with Crippen LogP contribution in [0.1, 0.15) is 16.5 Å². The molecule has 24 heavy (non-hydrogen) atoms. The number of thiophene rings is 1. The predicted molar refractivity (Wildman–Crippen MR) is 95.8 cm³/mol. The highest BCUT2D eigenvalue weighted by molar-refractivity contribution is 7.91. The van der Waals surface area contributed by atoms with Crippen LogP contribution in [0.2, 0.25) is 0 Å². The van der Waals surface area contributed by atoms with E-state index in [1.807, 2.05) is 31.2 Å². The fraction of sp³-hybridized carbons (Fsp3) is 0.412. The Hall–Kier alpha value is -1.25. The highest BCUT2D eigenvalue weighted by atomic mass is 32.2. The number of hydrogen-bond acceptors (Lipinski definition) is 5. The van der Waals surface area contributed by atoms with Gasteiger partial charge in [0.05, 0.1) is 12.7 Å². The molecule has 1 saturated heterocycles. The van der Waals surface area contributed by atoms with Crippen molar-refractivity contribution in [3.8, 4) is 0 Å². The Labute approximate surface area is 147 Å². The van der Waals surface area contributed by atoms with Crippen molar-refractivity contribution in [2.24, 2.45) is 0 Å². The van der Waals surface area contributed by atoms with Crippen molar-refractivity contribution in [3.63, 3.8) is 0 Å². The number of morpholine rings is 1. The minimum absolute atomic E-state index is 0.0523. The zero-order chi connectivity index (χ0) is 17.0. The molecule has 1 atom stereocenters. The van der Waals surface area contributed by atoms with E-state index in [-0.39, 0.29) is 6.10 Å². The van der Waals surface area contributed by atoms with Crippen LogP contribution in [0.3, 0.4) is 0 Å². The van der Waals surface area contributed by atoms with E-state index in [2.05, 4.69) is 21.8 Å². The molecule has 7 heteroatoms. The Morgan fingerprint density at radius 1 is 1.25 bits per heavy atom. The molecule has 0 saturated carbocycles. The summed E-state index contributed by atoms with van der Waals surface area (Å²) in [5.41, 5.74) is 1.16. The van der Waals surface area contributed by atoms with E-state index in [0.29, 0.717) is 23.9 Å². The third-order valence-electron chi connectivity index (χ3n) is 4.02. The van der Waals surface area contributed by atoms with Crippen LogP contribution >= 0.6 is 11.3 Å². The monoisotopic (exact) mass is 366 g/mol. The molecule has 1 aliphatic rings. The molecular formula is C17H22N2O3S2. The second-order valence-electron chi connectivity index (χ2n) is 5.83. The minimum atomic E-state index is -3.40. The molecule has 2 heterocycles. The van der Waals surface area contributed by atoms with Crippen LogP contribution in [-0.2, 0) is 14.8 Å². The van der Waals surface area contributed by atoms with Crippen LogP contribution in [0.5, 0.6) is 0 Å². The van der Waals surface area contributed by atoms with Crippen molar-refractivity contribution in [3.05, 3.63) is 52.9 Å². The molecular weight excluding hydrogens is 344 g/mol. The first-order valence-corrected chi connectivity index (χ1v) is 10.3. The largest absolute Gasteiger partial charge is 0.371 e. The lowest BCUT2D eigenvalue weighted by atomic mass is 10.1. The van der Waals surface area contributed by atoms with Crippen LogP contribution < -0.4 is 4.72 Å². The SMILES string of the molecule is Cc1ccc(S(=O)(=O)NCCN2CCOC(c3ccccc3)C2)s1. The number of nitrogens with zero attached hydrogens (tertiary/aromatic N) is 1. The molecule has 2 aromatic rings. The predicted octanol–water partition coefficient (Wildman–Crippen LogP) is 2.41. The second-order valence-corrected chi connectivity index (χ2v) is 9.12. The van der Waals surface area contributed by atoms with Gasteiger partial charge in [-0.05, 0) is 24.6 Å². The van der Waals surface area contributed by atoms with E-state index in [1.165, 1.54) is 11.3 Å². The van der Waals surface area contributed by atoms with Gasteiger partial charge in [0.2, 0.25) is 10.0 Å². The Morgan fingerprint density at radius 3 is 2.75 bits per heavy atom. The fourth-order valence-electron chi connectivity index (χ4n) is 2.74. The van der Waals surface area contributed by atoms with Gasteiger partial charge in [-0.2, -0.15) is 0 Å². The summed E-state index contributed by atoms with van der Waals surface area (Å²) in [6, 6.07) is 13.6. The molecule has 0 amide bonds. The van der Waals surface area contributed by atoms with Crippen LogP contribution in [0, 0.1) is 6.92 Å². The van der Waals surface area contributed by atoms with Crippen molar-refractivity contribution in [1.29, 1.82) is 0 Å². The van der Waals surface area contributed by atoms with Gasteiger partial charge in [0, 0.05) is 31.1 Å². The first kappa shape index (κ1) is 17.6. The zero-order valence-corrected chi connectivity index (χ0v) is 15.3. The Kier molecular flexibility index (Phi) is 5.68. The summed E-state index contributed by atoms with van der Waals surface area (Å²) in [5, 5.41) is 0. The van der Waals surface area contributed by atoms with Crippen LogP contribution in [-0.4, -0.2) is 46.1 Å². The maximum Gasteiger partial charge on any atom is 0.250 e. The molecule has 1 unspecified atom stereocenters. The van der Waals surface area contributed by atoms with Gasteiger partial charge < -0.3 is 4.74 Å². The molecule has 0 radical (unpaired) electrons. The molecule has 3 rings (SSSR count). The maximum atomic E-state index is 12.2.